The van der Waals surface area contributed by atoms with Crippen LogP contribution >= 0.6 is 11.8 Å². The molecular formula is C71H112N12O17S. The van der Waals surface area contributed by atoms with Crippen LogP contribution in [0.5, 0.6) is 0 Å². The number of urea groups is 1. The highest BCUT2D eigenvalue weighted by Crippen LogP contribution is 2.31. The first-order valence-corrected chi connectivity index (χ1v) is 36.1. The highest BCUT2D eigenvalue weighted by Gasteiger charge is 2.45. The number of nitrogens with one attached hydrogen (secondary N) is 6. The topological polar surface area (TPSA) is 410 Å². The Bertz CT molecular complexity index is 3090. The molecule has 1 unspecified atom stereocenters. The zero-order valence-electron chi connectivity index (χ0n) is 61.2. The van der Waals surface area contributed by atoms with Gasteiger partial charge >= 0.3 is 18.1 Å². The van der Waals surface area contributed by atoms with E-state index in [0.717, 1.165) is 21.6 Å². The second-order valence-corrected chi connectivity index (χ2v) is 28.7. The van der Waals surface area contributed by atoms with Gasteiger partial charge in [-0.1, -0.05) is 118 Å². The molecule has 0 aliphatic carbocycles. The Hall–Kier alpha value is -7.93. The van der Waals surface area contributed by atoms with Gasteiger partial charge in [0.1, 0.15) is 36.8 Å². The molecule has 0 bridgehead atoms. The van der Waals surface area contributed by atoms with Crippen molar-refractivity contribution in [2.75, 3.05) is 59.0 Å². The normalized spacial score (nSPS) is 18.2. The van der Waals surface area contributed by atoms with Crippen LogP contribution in [-0.4, -0.2) is 221 Å². The molecule has 0 aromatic heterocycles. The van der Waals surface area contributed by atoms with Crippen molar-refractivity contribution in [1.82, 2.24) is 46.2 Å². The molecule has 0 saturated carbocycles. The van der Waals surface area contributed by atoms with Crippen molar-refractivity contribution in [1.29, 1.82) is 0 Å². The number of imide groups is 1. The number of benzene rings is 2. The number of anilines is 1. The highest BCUT2D eigenvalue weighted by molar-refractivity contribution is 8.00. The van der Waals surface area contributed by atoms with Crippen LogP contribution in [0, 0.1) is 29.6 Å². The third kappa shape index (κ3) is 25.5. The van der Waals surface area contributed by atoms with Gasteiger partial charge in [0.25, 0.3) is 0 Å². The number of carbonyl (C=O) groups is 12. The zero-order valence-corrected chi connectivity index (χ0v) is 62.0. The molecule has 2 aromatic carbocycles. The van der Waals surface area contributed by atoms with Gasteiger partial charge in [0.05, 0.1) is 54.0 Å². The summed E-state index contributed by atoms with van der Waals surface area (Å²) in [7, 11) is 6.05. The number of aliphatic hydroxyl groups excluding tert-OH is 1. The number of methoxy groups -OCH3 is 2. The molecule has 4 rings (SSSR count). The van der Waals surface area contributed by atoms with Gasteiger partial charge in [-0.25, -0.2) is 9.59 Å². The number of nitrogens with two attached hydrogens (primary N) is 2. The minimum absolute atomic E-state index is 0.0229. The van der Waals surface area contributed by atoms with Crippen molar-refractivity contribution in [2.45, 2.75) is 218 Å². The van der Waals surface area contributed by atoms with Crippen molar-refractivity contribution in [3.8, 4) is 0 Å². The van der Waals surface area contributed by atoms with Crippen molar-refractivity contribution in [3.05, 3.63) is 65.7 Å². The van der Waals surface area contributed by atoms with Gasteiger partial charge in [0, 0.05) is 72.2 Å². The van der Waals surface area contributed by atoms with Crippen LogP contribution in [0.2, 0.25) is 0 Å². The number of nitrogens with zero attached hydrogens (tertiary/aromatic N) is 4. The summed E-state index contributed by atoms with van der Waals surface area (Å²) in [5.41, 5.74) is 12.3. The Morgan fingerprint density at radius 2 is 1.41 bits per heavy atom. The first-order chi connectivity index (χ1) is 47.7. The molecule has 2 fully saturated rings. The quantitative estimate of drug-likeness (QED) is 0.0325. The SMILES string of the molecule is CC[C@H](C)[C@@H]([C@@H](CC(=O)N1CCC[C@H]1[C@H](OC)[C@@H](C)C(=O)N[C@H](C)[C@@H](O)c1ccccc1)OC)N(C)C(=O)[C@@H](NC(=O)[C@H](C(C)C)N(C)C(=O)OCc1ccc(NC(=O)[C@H](CCCNC(N)=O)NC(=O)[C@@H](NC(=O)CCCCCN2C(=O)CC(SC[C@H](N)C(=O)O)C2=O)C(C)C)cc1)C(C)C. The van der Waals surface area contributed by atoms with Crippen LogP contribution in [0.3, 0.4) is 0 Å². The van der Waals surface area contributed by atoms with Crippen LogP contribution in [0.1, 0.15) is 157 Å². The molecule has 2 heterocycles. The average molecular weight is 1440 g/mol. The molecule has 2 aliphatic rings. The van der Waals surface area contributed by atoms with Crippen molar-refractivity contribution < 1.29 is 82.0 Å². The molecule has 564 valence electrons. The van der Waals surface area contributed by atoms with Gasteiger partial charge in [-0.05, 0) is 92.4 Å². The number of unbranched alkanes of at least 4 members (excludes halogenated alkanes) is 2. The average Bonchev–Trinajstić information content (AvgIpc) is 1.80. The molecule has 0 spiro atoms. The molecule has 14 atom stereocenters. The van der Waals surface area contributed by atoms with E-state index in [1.807, 2.05) is 32.0 Å². The lowest BCUT2D eigenvalue weighted by Crippen LogP contribution is -2.60. The van der Waals surface area contributed by atoms with Gasteiger partial charge in [-0.2, -0.15) is 0 Å². The summed E-state index contributed by atoms with van der Waals surface area (Å²) in [5, 5.41) is 35.9. The number of carbonyl (C=O) groups excluding carboxylic acids is 11. The Labute approximate surface area is 598 Å². The molecule has 30 heteroatoms. The second kappa shape index (κ2) is 41.9. The third-order valence-electron chi connectivity index (χ3n) is 18.8. The van der Waals surface area contributed by atoms with E-state index in [9.17, 15) is 62.6 Å². The van der Waals surface area contributed by atoms with Crippen molar-refractivity contribution in [3.63, 3.8) is 0 Å². The highest BCUT2D eigenvalue weighted by atomic mass is 32.2. The van der Waals surface area contributed by atoms with E-state index < -0.39 is 149 Å². The third-order valence-corrected chi connectivity index (χ3v) is 20.1. The smallest absolute Gasteiger partial charge is 0.410 e. The van der Waals surface area contributed by atoms with Crippen LogP contribution in [0.25, 0.3) is 0 Å². The van der Waals surface area contributed by atoms with Gasteiger partial charge in [-0.3, -0.25) is 57.7 Å². The summed E-state index contributed by atoms with van der Waals surface area (Å²) < 4.78 is 17.8. The summed E-state index contributed by atoms with van der Waals surface area (Å²) in [6.07, 6.45) is 0.0330. The summed E-state index contributed by atoms with van der Waals surface area (Å²) >= 11 is 1.03. The standard InChI is InChI=1S/C71H112N12O17S/c1-15-43(8)60(52(98-13)36-55(85)82-35-23-27-51(82)62(99-14)44(9)63(88)75-45(10)61(87)47-24-18-16-19-25-47)80(11)68(93)58(41(4)5)79-66(91)59(42(6)7)81(12)71(97)100-38-46-29-31-48(32-30-46)76-64(89)50(26-22-33-74-70(73)96)77-65(90)57(40(2)3)78-54(84)28-20-17-21-34-83-56(86)37-53(67(83)92)101-39-49(72)69(94)95/h16,18-19,24-25,29-32,40-45,49-53,57-62,87H,15,17,20-23,26-28,33-39,72H2,1-14H3,(H,75,88)(H,76,89)(H,77,90)(H,78,84)(H,79,91)(H,94,95)(H3,73,74,96)/t43-,44+,45+,49-,50-,51-,52+,53?,57-,58-,59-,60-,61+,62+/m0/s1. The second-order valence-electron chi connectivity index (χ2n) is 27.5. The van der Waals surface area contributed by atoms with Gasteiger partial charge in [0.15, 0.2) is 0 Å². The van der Waals surface area contributed by atoms with E-state index in [1.54, 1.807) is 109 Å². The lowest BCUT2D eigenvalue weighted by molar-refractivity contribution is -0.148. The van der Waals surface area contributed by atoms with E-state index in [1.165, 1.54) is 21.3 Å². The molecule has 12 N–H and O–H groups in total. The molecule has 29 nitrogen and oxygen atoms in total. The van der Waals surface area contributed by atoms with E-state index in [4.69, 9.17) is 30.8 Å². The van der Waals surface area contributed by atoms with Gasteiger partial charge in [-0.15, -0.1) is 11.8 Å². The Balaban J connectivity index is 1.35. The number of primary amides is 1. The molecule has 101 heavy (non-hydrogen) atoms. The Morgan fingerprint density at radius 1 is 0.752 bits per heavy atom. The Kier molecular flexibility index (Phi) is 35.4. The van der Waals surface area contributed by atoms with Gasteiger partial charge < -0.3 is 77.6 Å². The van der Waals surface area contributed by atoms with Crippen LogP contribution in [-0.2, 0) is 68.8 Å². The molecule has 12 amide bonds. The number of thioether (sulfide) groups is 1. The zero-order chi connectivity index (χ0) is 75.5. The molecule has 2 aromatic rings. The number of aliphatic carboxylic acids is 1. The minimum Gasteiger partial charge on any atom is -0.480 e. The van der Waals surface area contributed by atoms with Crippen LogP contribution < -0.4 is 43.4 Å². The number of aliphatic hydroxyl groups is 1. The van der Waals surface area contributed by atoms with Crippen LogP contribution in [0.4, 0.5) is 15.3 Å². The first kappa shape index (κ1) is 85.5. The van der Waals surface area contributed by atoms with E-state index in [-0.39, 0.29) is 81.2 Å². The fraction of sp³-hybridized carbons (Fsp3) is 0.662. The number of rotatable bonds is 42. The lowest BCUT2D eigenvalue weighted by atomic mass is 9.89. The van der Waals surface area contributed by atoms with Gasteiger partial charge in [0.2, 0.25) is 53.2 Å². The number of carboxylic acid groups (broad SMARTS) is 1. The maximum absolute atomic E-state index is 14.8. The lowest BCUT2D eigenvalue weighted by Gasteiger charge is -2.41. The monoisotopic (exact) mass is 1440 g/mol. The number of carboxylic acids is 1. The Morgan fingerprint density at radius 3 is 1.99 bits per heavy atom. The summed E-state index contributed by atoms with van der Waals surface area (Å²) in [6.45, 7) is 18.4. The number of likely N-dealkylation sites (tertiary alicyclic amines) is 2. The molecule has 2 aliphatic heterocycles. The predicted molar refractivity (Wildman–Crippen MR) is 381 cm³/mol. The van der Waals surface area contributed by atoms with Crippen LogP contribution in [0.15, 0.2) is 54.6 Å². The largest absolute Gasteiger partial charge is 0.480 e. The molecular weight excluding hydrogens is 1320 g/mol. The molecule has 0 radical (unpaired) electrons. The summed E-state index contributed by atoms with van der Waals surface area (Å²) in [5.74, 6) is -7.50. The van der Waals surface area contributed by atoms with E-state index in [0.29, 0.717) is 61.9 Å². The van der Waals surface area contributed by atoms with E-state index in [2.05, 4.69) is 31.9 Å². The van der Waals surface area contributed by atoms with Crippen molar-refractivity contribution >= 4 is 88.7 Å². The maximum atomic E-state index is 14.8. The first-order valence-electron chi connectivity index (χ1n) is 35.0. The minimum atomic E-state index is -1.21. The number of likely N-dealkylation sites (N-methyl/N-ethyl adjacent to an activating group) is 2. The number of hydrogen-bond donors (Lipinski definition) is 10. The summed E-state index contributed by atoms with van der Waals surface area (Å²) in [4.78, 5) is 166. The molecule has 2 saturated heterocycles. The fourth-order valence-corrected chi connectivity index (χ4v) is 13.8. The predicted octanol–water partition coefficient (Wildman–Crippen LogP) is 4.42. The van der Waals surface area contributed by atoms with E-state index >= 15 is 0 Å². The maximum Gasteiger partial charge on any atom is 0.410 e. The number of amides is 12. The van der Waals surface area contributed by atoms with Crippen molar-refractivity contribution in [2.24, 2.45) is 41.1 Å². The summed E-state index contributed by atoms with van der Waals surface area (Å²) in [6, 6.07) is 7.35. The number of hydrogen-bond acceptors (Lipinski definition) is 18. The number of ether oxygens (including phenoxy) is 3. The fourth-order valence-electron chi connectivity index (χ4n) is 12.7.